The molecule has 0 unspecified atom stereocenters. The molecule has 1 saturated carbocycles. The third-order valence-electron chi connectivity index (χ3n) is 4.28. The van der Waals surface area contributed by atoms with Gasteiger partial charge in [-0.3, -0.25) is 0 Å². The van der Waals surface area contributed by atoms with Gasteiger partial charge in [-0.25, -0.2) is 4.79 Å². The molecule has 1 heterocycles. The monoisotopic (exact) mass is 273 g/mol. The van der Waals surface area contributed by atoms with Crippen LogP contribution in [-0.4, -0.2) is 23.2 Å². The van der Waals surface area contributed by atoms with Crippen LogP contribution < -0.4 is 0 Å². The van der Waals surface area contributed by atoms with Crippen LogP contribution in [-0.2, 0) is 10.3 Å². The molecule has 0 atom stereocenters. The first kappa shape index (κ1) is 13.2. The maximum atomic E-state index is 11.5. The van der Waals surface area contributed by atoms with Crippen LogP contribution in [0.3, 0.4) is 0 Å². The van der Waals surface area contributed by atoms with E-state index in [1.165, 1.54) is 13.5 Å². The van der Waals surface area contributed by atoms with Crippen LogP contribution in [0.1, 0.15) is 48.0 Å². The van der Waals surface area contributed by atoms with Crippen molar-refractivity contribution in [3.05, 3.63) is 35.5 Å². The third-order valence-corrected chi connectivity index (χ3v) is 4.28. The predicted molar refractivity (Wildman–Crippen MR) is 76.6 cm³/mol. The topological polar surface area (TPSA) is 62.3 Å². The van der Waals surface area contributed by atoms with E-state index in [1.807, 2.05) is 12.3 Å². The van der Waals surface area contributed by atoms with Gasteiger partial charge in [0.05, 0.1) is 18.3 Å². The molecule has 1 aliphatic rings. The molecule has 2 aromatic rings. The molecule has 1 aromatic heterocycles. The molecule has 0 radical (unpaired) electrons. The minimum absolute atomic E-state index is 0.348. The zero-order valence-corrected chi connectivity index (χ0v) is 11.6. The number of fused-ring (bicyclic) bond motifs is 1. The number of hydrogen-bond donors (Lipinski definition) is 2. The normalized spacial score (nSPS) is 18.1. The Kier molecular flexibility index (Phi) is 3.26. The quantitative estimate of drug-likeness (QED) is 0.826. The summed E-state index contributed by atoms with van der Waals surface area (Å²) in [4.78, 5) is 14.7. The van der Waals surface area contributed by atoms with Crippen LogP contribution in [0.5, 0.6) is 0 Å². The summed E-state index contributed by atoms with van der Waals surface area (Å²) in [6.07, 6.45) is 6.79. The first-order chi connectivity index (χ1) is 9.64. The summed E-state index contributed by atoms with van der Waals surface area (Å²) in [5, 5.41) is 11.8. The summed E-state index contributed by atoms with van der Waals surface area (Å²) in [6.45, 7) is 0. The molecule has 1 aromatic carbocycles. The van der Waals surface area contributed by atoms with Gasteiger partial charge in [0.15, 0.2) is 0 Å². The highest BCUT2D eigenvalue weighted by Crippen LogP contribution is 2.40. The number of nitrogens with one attached hydrogen (secondary N) is 1. The van der Waals surface area contributed by atoms with Gasteiger partial charge in [0, 0.05) is 22.7 Å². The SMILES string of the molecule is COC(=O)c1ccc2c(C3(O)CCCCC3)c[nH]c2c1. The lowest BCUT2D eigenvalue weighted by Crippen LogP contribution is -2.28. The summed E-state index contributed by atoms with van der Waals surface area (Å²) < 4.78 is 4.73. The van der Waals surface area contributed by atoms with Gasteiger partial charge in [-0.2, -0.15) is 0 Å². The number of carbonyl (C=O) groups excluding carboxylic acids is 1. The highest BCUT2D eigenvalue weighted by molar-refractivity contribution is 5.95. The number of methoxy groups -OCH3 is 1. The molecule has 1 aliphatic carbocycles. The van der Waals surface area contributed by atoms with E-state index in [1.54, 1.807) is 12.1 Å². The summed E-state index contributed by atoms with van der Waals surface area (Å²) in [6, 6.07) is 5.41. The van der Waals surface area contributed by atoms with Crippen molar-refractivity contribution >= 4 is 16.9 Å². The first-order valence-electron chi connectivity index (χ1n) is 7.06. The van der Waals surface area contributed by atoms with Crippen molar-refractivity contribution in [3.8, 4) is 0 Å². The fourth-order valence-electron chi connectivity index (χ4n) is 3.16. The van der Waals surface area contributed by atoms with Crippen LogP contribution in [0.2, 0.25) is 0 Å². The average molecular weight is 273 g/mol. The predicted octanol–water partition coefficient (Wildman–Crippen LogP) is 3.11. The lowest BCUT2D eigenvalue weighted by atomic mass is 9.79. The lowest BCUT2D eigenvalue weighted by Gasteiger charge is -2.31. The molecule has 2 N–H and O–H groups in total. The van der Waals surface area contributed by atoms with Crippen molar-refractivity contribution in [2.45, 2.75) is 37.7 Å². The van der Waals surface area contributed by atoms with E-state index in [-0.39, 0.29) is 5.97 Å². The molecule has 0 saturated heterocycles. The number of H-pyrrole nitrogens is 1. The van der Waals surface area contributed by atoms with Crippen LogP contribution in [0.15, 0.2) is 24.4 Å². The maximum absolute atomic E-state index is 11.5. The zero-order valence-electron chi connectivity index (χ0n) is 11.6. The Morgan fingerprint density at radius 3 is 2.75 bits per heavy atom. The molecular formula is C16H19NO3. The van der Waals surface area contributed by atoms with Crippen molar-refractivity contribution < 1.29 is 14.6 Å². The van der Waals surface area contributed by atoms with Gasteiger partial charge in [-0.05, 0) is 25.0 Å². The van der Waals surface area contributed by atoms with Crippen molar-refractivity contribution in [3.63, 3.8) is 0 Å². The number of esters is 1. The van der Waals surface area contributed by atoms with E-state index < -0.39 is 5.60 Å². The van der Waals surface area contributed by atoms with Gasteiger partial charge in [0.1, 0.15) is 0 Å². The summed E-state index contributed by atoms with van der Waals surface area (Å²) in [5.74, 6) is -0.348. The van der Waals surface area contributed by atoms with Gasteiger partial charge in [0.2, 0.25) is 0 Å². The Balaban J connectivity index is 2.03. The molecule has 0 bridgehead atoms. The molecule has 0 aliphatic heterocycles. The maximum Gasteiger partial charge on any atom is 0.337 e. The molecule has 106 valence electrons. The number of aromatic amines is 1. The van der Waals surface area contributed by atoms with E-state index in [0.717, 1.165) is 42.1 Å². The second kappa shape index (κ2) is 4.94. The lowest BCUT2D eigenvalue weighted by molar-refractivity contribution is 0.000767. The van der Waals surface area contributed by atoms with E-state index >= 15 is 0 Å². The van der Waals surface area contributed by atoms with Crippen molar-refractivity contribution in [2.75, 3.05) is 7.11 Å². The van der Waals surface area contributed by atoms with Gasteiger partial charge < -0.3 is 14.8 Å². The van der Waals surface area contributed by atoms with Crippen LogP contribution in [0, 0.1) is 0 Å². The van der Waals surface area contributed by atoms with Gasteiger partial charge >= 0.3 is 5.97 Å². The van der Waals surface area contributed by atoms with Gasteiger partial charge in [-0.1, -0.05) is 25.3 Å². The fraction of sp³-hybridized carbons (Fsp3) is 0.438. The summed E-state index contributed by atoms with van der Waals surface area (Å²) in [5.41, 5.74) is 1.60. The summed E-state index contributed by atoms with van der Waals surface area (Å²) in [7, 11) is 1.37. The Bertz CT molecular complexity index is 638. The van der Waals surface area contributed by atoms with Crippen LogP contribution in [0.4, 0.5) is 0 Å². The van der Waals surface area contributed by atoms with Crippen LogP contribution >= 0.6 is 0 Å². The molecule has 1 fully saturated rings. The fourth-order valence-corrected chi connectivity index (χ4v) is 3.16. The Hall–Kier alpha value is -1.81. The minimum Gasteiger partial charge on any atom is -0.465 e. The van der Waals surface area contributed by atoms with E-state index in [2.05, 4.69) is 4.98 Å². The Labute approximate surface area is 117 Å². The Morgan fingerprint density at radius 1 is 1.30 bits per heavy atom. The third kappa shape index (κ3) is 2.10. The second-order valence-electron chi connectivity index (χ2n) is 5.55. The number of rotatable bonds is 2. The molecular weight excluding hydrogens is 254 g/mol. The van der Waals surface area contributed by atoms with Crippen molar-refractivity contribution in [1.29, 1.82) is 0 Å². The number of hydrogen-bond acceptors (Lipinski definition) is 3. The molecule has 4 heteroatoms. The molecule has 3 rings (SSSR count). The average Bonchev–Trinajstić information content (AvgIpc) is 2.91. The molecule has 0 amide bonds. The standard InChI is InChI=1S/C16H19NO3/c1-20-15(18)11-5-6-12-13(10-17-14(12)9-11)16(19)7-3-2-4-8-16/h5-6,9-10,17,19H,2-4,7-8H2,1H3. The van der Waals surface area contributed by atoms with E-state index in [9.17, 15) is 9.90 Å². The molecule has 20 heavy (non-hydrogen) atoms. The summed E-state index contributed by atoms with van der Waals surface area (Å²) >= 11 is 0. The number of ether oxygens (including phenoxy) is 1. The van der Waals surface area contributed by atoms with Crippen molar-refractivity contribution in [1.82, 2.24) is 4.98 Å². The smallest absolute Gasteiger partial charge is 0.337 e. The van der Waals surface area contributed by atoms with Crippen molar-refractivity contribution in [2.24, 2.45) is 0 Å². The largest absolute Gasteiger partial charge is 0.465 e. The van der Waals surface area contributed by atoms with Gasteiger partial charge in [-0.15, -0.1) is 0 Å². The van der Waals surface area contributed by atoms with E-state index in [4.69, 9.17) is 4.74 Å². The first-order valence-corrected chi connectivity index (χ1v) is 7.06. The molecule has 4 nitrogen and oxygen atoms in total. The zero-order chi connectivity index (χ0) is 14.2. The number of aromatic nitrogens is 1. The van der Waals surface area contributed by atoms with E-state index in [0.29, 0.717) is 5.56 Å². The van der Waals surface area contributed by atoms with Gasteiger partial charge in [0.25, 0.3) is 0 Å². The number of carbonyl (C=O) groups is 1. The molecule has 0 spiro atoms. The number of aliphatic hydroxyl groups is 1. The highest BCUT2D eigenvalue weighted by atomic mass is 16.5. The highest BCUT2D eigenvalue weighted by Gasteiger charge is 2.33. The second-order valence-corrected chi connectivity index (χ2v) is 5.55. The minimum atomic E-state index is -0.733. The number of benzene rings is 1. The van der Waals surface area contributed by atoms with Crippen LogP contribution in [0.25, 0.3) is 10.9 Å². The Morgan fingerprint density at radius 2 is 2.05 bits per heavy atom.